The van der Waals surface area contributed by atoms with Crippen LogP contribution in [0.15, 0.2) is 67.0 Å². The molecule has 2 aromatic carbocycles. The van der Waals surface area contributed by atoms with Crippen LogP contribution in [-0.4, -0.2) is 37.8 Å². The number of hydrogen-bond acceptors (Lipinski definition) is 5. The average molecular weight is 422 g/mol. The maximum atomic E-state index is 12.7. The minimum atomic E-state index is -0.557. The molecule has 0 saturated heterocycles. The van der Waals surface area contributed by atoms with Crippen molar-refractivity contribution in [3.8, 4) is 17.2 Å². The van der Waals surface area contributed by atoms with Crippen molar-refractivity contribution < 1.29 is 23.8 Å². The number of nitrogens with zero attached hydrogens (tertiary/aromatic N) is 1. The SMILES string of the molecule is COC(=O)CC(NC(=O)Cc1ccc(-n2cccc2)cc1)c1ccc(OC)c(OC)c1. The number of carbonyl (C=O) groups excluding carboxylic acids is 2. The lowest BCUT2D eigenvalue weighted by Crippen LogP contribution is -2.31. The predicted octanol–water partition coefficient (Wildman–Crippen LogP) is 3.46. The number of methoxy groups -OCH3 is 3. The highest BCUT2D eigenvalue weighted by atomic mass is 16.5. The highest BCUT2D eigenvalue weighted by Gasteiger charge is 2.21. The van der Waals surface area contributed by atoms with E-state index in [1.54, 1.807) is 25.3 Å². The third-order valence-electron chi connectivity index (χ3n) is 4.95. The van der Waals surface area contributed by atoms with Crippen molar-refractivity contribution in [3.05, 3.63) is 78.1 Å². The van der Waals surface area contributed by atoms with Gasteiger partial charge in [0.15, 0.2) is 11.5 Å². The van der Waals surface area contributed by atoms with Gasteiger partial charge in [-0.25, -0.2) is 0 Å². The second kappa shape index (κ2) is 10.3. The quantitative estimate of drug-likeness (QED) is 0.535. The molecule has 0 radical (unpaired) electrons. The van der Waals surface area contributed by atoms with Gasteiger partial charge >= 0.3 is 5.97 Å². The van der Waals surface area contributed by atoms with Crippen LogP contribution in [0.5, 0.6) is 11.5 Å². The van der Waals surface area contributed by atoms with E-state index in [0.29, 0.717) is 11.5 Å². The Hall–Kier alpha value is -3.74. The Balaban J connectivity index is 1.73. The monoisotopic (exact) mass is 422 g/mol. The van der Waals surface area contributed by atoms with Crippen LogP contribution in [0.2, 0.25) is 0 Å². The summed E-state index contributed by atoms with van der Waals surface area (Å²) in [5.74, 6) is 0.468. The van der Waals surface area contributed by atoms with E-state index in [1.807, 2.05) is 53.4 Å². The standard InChI is InChI=1S/C24H26N2O5/c1-29-21-11-8-18(15-22(21)30-2)20(16-24(28)31-3)25-23(27)14-17-6-9-19(10-7-17)26-12-4-5-13-26/h4-13,15,20H,14,16H2,1-3H3,(H,25,27). The fourth-order valence-electron chi connectivity index (χ4n) is 3.30. The molecular formula is C24H26N2O5. The van der Waals surface area contributed by atoms with Gasteiger partial charge in [0.25, 0.3) is 0 Å². The van der Waals surface area contributed by atoms with Gasteiger partial charge in [-0.3, -0.25) is 9.59 Å². The van der Waals surface area contributed by atoms with Gasteiger partial charge in [0.1, 0.15) is 0 Å². The van der Waals surface area contributed by atoms with Crippen molar-refractivity contribution in [3.63, 3.8) is 0 Å². The molecule has 162 valence electrons. The molecule has 1 N–H and O–H groups in total. The molecule has 1 unspecified atom stereocenters. The van der Waals surface area contributed by atoms with E-state index in [9.17, 15) is 9.59 Å². The number of amides is 1. The van der Waals surface area contributed by atoms with Crippen LogP contribution in [-0.2, 0) is 20.7 Å². The van der Waals surface area contributed by atoms with Crippen LogP contribution in [0.3, 0.4) is 0 Å². The van der Waals surface area contributed by atoms with Gasteiger partial charge < -0.3 is 24.1 Å². The Kier molecular flexibility index (Phi) is 7.32. The lowest BCUT2D eigenvalue weighted by atomic mass is 10.0. The number of aromatic nitrogens is 1. The summed E-state index contributed by atoms with van der Waals surface area (Å²) in [5, 5.41) is 2.94. The highest BCUT2D eigenvalue weighted by molar-refractivity contribution is 5.80. The zero-order chi connectivity index (χ0) is 22.2. The highest BCUT2D eigenvalue weighted by Crippen LogP contribution is 2.31. The number of nitrogens with one attached hydrogen (secondary N) is 1. The van der Waals surface area contributed by atoms with E-state index in [1.165, 1.54) is 14.2 Å². The fraction of sp³-hybridized carbons (Fsp3) is 0.250. The molecule has 7 heteroatoms. The van der Waals surface area contributed by atoms with Crippen molar-refractivity contribution in [2.24, 2.45) is 0 Å². The lowest BCUT2D eigenvalue weighted by Gasteiger charge is -2.20. The Bertz CT molecular complexity index is 1010. The van der Waals surface area contributed by atoms with E-state index in [-0.39, 0.29) is 18.7 Å². The normalized spacial score (nSPS) is 11.5. The predicted molar refractivity (Wildman–Crippen MR) is 117 cm³/mol. The summed E-state index contributed by atoms with van der Waals surface area (Å²) in [4.78, 5) is 24.7. The van der Waals surface area contributed by atoms with Crippen molar-refractivity contribution in [2.45, 2.75) is 18.9 Å². The van der Waals surface area contributed by atoms with Crippen LogP contribution >= 0.6 is 0 Å². The molecule has 3 aromatic rings. The maximum absolute atomic E-state index is 12.7. The average Bonchev–Trinajstić information content (AvgIpc) is 3.33. The van der Waals surface area contributed by atoms with Crippen LogP contribution in [0.1, 0.15) is 23.6 Å². The molecule has 1 heterocycles. The zero-order valence-electron chi connectivity index (χ0n) is 17.8. The van der Waals surface area contributed by atoms with E-state index < -0.39 is 12.0 Å². The summed E-state index contributed by atoms with van der Waals surface area (Å²) in [5.41, 5.74) is 2.61. The molecule has 7 nitrogen and oxygen atoms in total. The number of benzene rings is 2. The summed E-state index contributed by atoms with van der Waals surface area (Å²) in [6.07, 6.45) is 4.12. The minimum Gasteiger partial charge on any atom is -0.493 e. The third kappa shape index (κ3) is 5.66. The van der Waals surface area contributed by atoms with Gasteiger partial charge in [-0.1, -0.05) is 18.2 Å². The number of hydrogen-bond donors (Lipinski definition) is 1. The minimum absolute atomic E-state index is 0.00426. The second-order valence-corrected chi connectivity index (χ2v) is 6.95. The van der Waals surface area contributed by atoms with Crippen LogP contribution in [0.4, 0.5) is 0 Å². The molecular weight excluding hydrogens is 396 g/mol. The van der Waals surface area contributed by atoms with Crippen molar-refractivity contribution >= 4 is 11.9 Å². The van der Waals surface area contributed by atoms with E-state index >= 15 is 0 Å². The summed E-state index contributed by atoms with van der Waals surface area (Å²) in [7, 11) is 4.40. The van der Waals surface area contributed by atoms with Crippen LogP contribution in [0, 0.1) is 0 Å². The van der Waals surface area contributed by atoms with Crippen molar-refractivity contribution in [1.29, 1.82) is 0 Å². The topological polar surface area (TPSA) is 78.8 Å². The van der Waals surface area contributed by atoms with Crippen LogP contribution in [0.25, 0.3) is 5.69 Å². The maximum Gasteiger partial charge on any atom is 0.307 e. The first-order valence-corrected chi connectivity index (χ1v) is 9.84. The van der Waals surface area contributed by atoms with E-state index in [0.717, 1.165) is 16.8 Å². The zero-order valence-corrected chi connectivity index (χ0v) is 17.8. The molecule has 1 atom stereocenters. The summed E-state index contributed by atoms with van der Waals surface area (Å²) < 4.78 is 17.4. The summed E-state index contributed by atoms with van der Waals surface area (Å²) >= 11 is 0. The van der Waals surface area contributed by atoms with E-state index in [4.69, 9.17) is 14.2 Å². The molecule has 0 fully saturated rings. The molecule has 31 heavy (non-hydrogen) atoms. The number of rotatable bonds is 9. The lowest BCUT2D eigenvalue weighted by molar-refractivity contribution is -0.141. The van der Waals surface area contributed by atoms with Gasteiger partial charge in [0.05, 0.1) is 40.2 Å². The number of ether oxygens (including phenoxy) is 3. The summed E-state index contributed by atoms with van der Waals surface area (Å²) in [6.45, 7) is 0. The van der Waals surface area contributed by atoms with Crippen LogP contribution < -0.4 is 14.8 Å². The van der Waals surface area contributed by atoms with Gasteiger partial charge in [-0.2, -0.15) is 0 Å². The first kappa shape index (κ1) is 22.0. The Morgan fingerprint density at radius 3 is 2.23 bits per heavy atom. The van der Waals surface area contributed by atoms with Gasteiger partial charge in [0, 0.05) is 18.1 Å². The van der Waals surface area contributed by atoms with Crippen molar-refractivity contribution in [1.82, 2.24) is 9.88 Å². The molecule has 0 bridgehead atoms. The Morgan fingerprint density at radius 2 is 1.61 bits per heavy atom. The molecule has 0 aliphatic rings. The van der Waals surface area contributed by atoms with Crippen molar-refractivity contribution in [2.75, 3.05) is 21.3 Å². The molecule has 0 aliphatic carbocycles. The molecule has 0 saturated carbocycles. The largest absolute Gasteiger partial charge is 0.493 e. The van der Waals surface area contributed by atoms with Gasteiger partial charge in [-0.05, 0) is 47.5 Å². The third-order valence-corrected chi connectivity index (χ3v) is 4.95. The first-order valence-electron chi connectivity index (χ1n) is 9.84. The molecule has 0 spiro atoms. The molecule has 3 rings (SSSR count). The smallest absolute Gasteiger partial charge is 0.307 e. The summed E-state index contributed by atoms with van der Waals surface area (Å²) in [6, 6.07) is 16.4. The fourth-order valence-corrected chi connectivity index (χ4v) is 3.30. The Morgan fingerprint density at radius 1 is 0.935 bits per heavy atom. The van der Waals surface area contributed by atoms with Gasteiger partial charge in [-0.15, -0.1) is 0 Å². The molecule has 0 aliphatic heterocycles. The first-order chi connectivity index (χ1) is 15.0. The molecule has 1 amide bonds. The van der Waals surface area contributed by atoms with E-state index in [2.05, 4.69) is 5.32 Å². The number of carbonyl (C=O) groups is 2. The second-order valence-electron chi connectivity index (χ2n) is 6.95. The number of esters is 1. The van der Waals surface area contributed by atoms with Gasteiger partial charge in [0.2, 0.25) is 5.91 Å². The Labute approximate surface area is 181 Å². The molecule has 1 aromatic heterocycles.